The Kier molecular flexibility index (Phi) is 2.38. The van der Waals surface area contributed by atoms with Gasteiger partial charge in [-0.15, -0.1) is 0 Å². The van der Waals surface area contributed by atoms with Crippen molar-refractivity contribution < 1.29 is 13.9 Å². The molecule has 4 heteroatoms. The number of rotatable bonds is 2. The van der Waals surface area contributed by atoms with Gasteiger partial charge in [0.15, 0.2) is 0 Å². The van der Waals surface area contributed by atoms with Crippen molar-refractivity contribution in [1.82, 2.24) is 4.98 Å². The summed E-state index contributed by atoms with van der Waals surface area (Å²) in [5.41, 5.74) is 0.408. The summed E-state index contributed by atoms with van der Waals surface area (Å²) < 4.78 is 25.6. The smallest absolute Gasteiger partial charge is 0.297 e. The number of aliphatic hydroxyl groups is 1. The molecular weight excluding hydrogens is 164 g/mol. The predicted molar refractivity (Wildman–Crippen MR) is 40.0 cm³/mol. The number of pyridine rings is 1. The molecule has 0 saturated carbocycles. The van der Waals surface area contributed by atoms with E-state index < -0.39 is 12.5 Å². The van der Waals surface area contributed by atoms with Crippen LogP contribution in [-0.2, 0) is 5.92 Å². The van der Waals surface area contributed by atoms with Crippen molar-refractivity contribution in [3.63, 3.8) is 0 Å². The molecule has 1 aromatic rings. The number of aryl methyl sites for hydroxylation is 1. The molecule has 12 heavy (non-hydrogen) atoms. The fourth-order valence-electron chi connectivity index (χ4n) is 0.846. The summed E-state index contributed by atoms with van der Waals surface area (Å²) in [6, 6.07) is 1.31. The van der Waals surface area contributed by atoms with Crippen LogP contribution in [0.4, 0.5) is 8.78 Å². The molecule has 0 aromatic carbocycles. The Morgan fingerprint density at radius 1 is 1.50 bits per heavy atom. The van der Waals surface area contributed by atoms with E-state index in [4.69, 9.17) is 5.11 Å². The molecule has 0 aliphatic rings. The lowest BCUT2D eigenvalue weighted by atomic mass is 10.1. The van der Waals surface area contributed by atoms with Crippen LogP contribution in [0, 0.1) is 6.92 Å². The molecule has 0 saturated heterocycles. The second kappa shape index (κ2) is 3.15. The quantitative estimate of drug-likeness (QED) is 0.734. The SMILES string of the molecule is Cc1cncc(C(F)(F)CO)c1. The van der Waals surface area contributed by atoms with Gasteiger partial charge in [0.1, 0.15) is 6.61 Å². The number of aromatic nitrogens is 1. The Hall–Kier alpha value is -1.03. The van der Waals surface area contributed by atoms with Gasteiger partial charge >= 0.3 is 0 Å². The number of nitrogens with zero attached hydrogens (tertiary/aromatic N) is 1. The standard InChI is InChI=1S/C8H9F2NO/c1-6-2-7(4-11-3-6)8(9,10)5-12/h2-4,12H,5H2,1H3. The number of aliphatic hydroxyl groups excluding tert-OH is 1. The van der Waals surface area contributed by atoms with Gasteiger partial charge < -0.3 is 5.11 Å². The van der Waals surface area contributed by atoms with E-state index in [0.29, 0.717) is 5.56 Å². The van der Waals surface area contributed by atoms with Crippen molar-refractivity contribution in [3.8, 4) is 0 Å². The lowest BCUT2D eigenvalue weighted by Crippen LogP contribution is -2.18. The summed E-state index contributed by atoms with van der Waals surface area (Å²) >= 11 is 0. The summed E-state index contributed by atoms with van der Waals surface area (Å²) in [6.07, 6.45) is 2.54. The summed E-state index contributed by atoms with van der Waals surface area (Å²) in [7, 11) is 0. The Bertz CT molecular complexity index is 276. The molecule has 0 spiro atoms. The predicted octanol–water partition coefficient (Wildman–Crippen LogP) is 1.47. The Morgan fingerprint density at radius 3 is 2.67 bits per heavy atom. The minimum absolute atomic E-state index is 0.245. The maximum Gasteiger partial charge on any atom is 0.297 e. The summed E-state index contributed by atoms with van der Waals surface area (Å²) in [5, 5.41) is 8.36. The molecule has 0 aliphatic heterocycles. The van der Waals surface area contributed by atoms with Gasteiger partial charge in [0, 0.05) is 18.0 Å². The van der Waals surface area contributed by atoms with E-state index in [1.165, 1.54) is 12.3 Å². The molecule has 0 amide bonds. The third-order valence-electron chi connectivity index (χ3n) is 1.50. The summed E-state index contributed by atoms with van der Waals surface area (Å²) in [5.74, 6) is -3.18. The van der Waals surface area contributed by atoms with Gasteiger partial charge in [0.2, 0.25) is 0 Å². The third-order valence-corrected chi connectivity index (χ3v) is 1.50. The fourth-order valence-corrected chi connectivity index (χ4v) is 0.846. The Morgan fingerprint density at radius 2 is 2.17 bits per heavy atom. The number of hydrogen-bond acceptors (Lipinski definition) is 2. The van der Waals surface area contributed by atoms with E-state index in [2.05, 4.69) is 4.98 Å². The summed E-state index contributed by atoms with van der Waals surface area (Å²) in [6.45, 7) is 0.488. The molecule has 0 radical (unpaired) electrons. The highest BCUT2D eigenvalue weighted by molar-refractivity contribution is 5.20. The highest BCUT2D eigenvalue weighted by Crippen LogP contribution is 2.26. The van der Waals surface area contributed by atoms with Crippen LogP contribution >= 0.6 is 0 Å². The zero-order valence-electron chi connectivity index (χ0n) is 6.59. The second-order valence-electron chi connectivity index (χ2n) is 2.61. The average Bonchev–Trinajstić information content (AvgIpc) is 2.05. The van der Waals surface area contributed by atoms with Gasteiger partial charge in [-0.2, -0.15) is 8.78 Å². The van der Waals surface area contributed by atoms with Crippen molar-refractivity contribution in [2.45, 2.75) is 12.8 Å². The highest BCUT2D eigenvalue weighted by atomic mass is 19.3. The second-order valence-corrected chi connectivity index (χ2v) is 2.61. The van der Waals surface area contributed by atoms with E-state index in [0.717, 1.165) is 6.20 Å². The molecular formula is C8H9F2NO. The molecule has 1 N–H and O–H groups in total. The molecule has 0 aliphatic carbocycles. The largest absolute Gasteiger partial charge is 0.390 e. The van der Waals surface area contributed by atoms with Crippen LogP contribution < -0.4 is 0 Å². The van der Waals surface area contributed by atoms with Crippen LogP contribution in [0.25, 0.3) is 0 Å². The van der Waals surface area contributed by atoms with Crippen molar-refractivity contribution in [2.24, 2.45) is 0 Å². The minimum Gasteiger partial charge on any atom is -0.390 e. The van der Waals surface area contributed by atoms with E-state index in [1.807, 2.05) is 0 Å². The highest BCUT2D eigenvalue weighted by Gasteiger charge is 2.30. The van der Waals surface area contributed by atoms with Crippen LogP contribution in [0.3, 0.4) is 0 Å². The molecule has 66 valence electrons. The fraction of sp³-hybridized carbons (Fsp3) is 0.375. The first kappa shape index (κ1) is 9.06. The van der Waals surface area contributed by atoms with Crippen molar-refractivity contribution in [2.75, 3.05) is 6.61 Å². The normalized spacial score (nSPS) is 11.7. The molecule has 1 aromatic heterocycles. The molecule has 0 bridgehead atoms. The van der Waals surface area contributed by atoms with Crippen molar-refractivity contribution in [3.05, 3.63) is 29.6 Å². The first-order chi connectivity index (χ1) is 5.56. The van der Waals surface area contributed by atoms with Gasteiger partial charge in [-0.05, 0) is 18.6 Å². The van der Waals surface area contributed by atoms with E-state index >= 15 is 0 Å². The van der Waals surface area contributed by atoms with Crippen molar-refractivity contribution >= 4 is 0 Å². The van der Waals surface area contributed by atoms with E-state index in [1.54, 1.807) is 6.92 Å². The van der Waals surface area contributed by atoms with Crippen LogP contribution in [0.5, 0.6) is 0 Å². The third kappa shape index (κ3) is 1.76. The van der Waals surface area contributed by atoms with Crippen LogP contribution in [0.15, 0.2) is 18.5 Å². The van der Waals surface area contributed by atoms with Crippen LogP contribution in [0.2, 0.25) is 0 Å². The monoisotopic (exact) mass is 173 g/mol. The molecule has 2 nitrogen and oxygen atoms in total. The lowest BCUT2D eigenvalue weighted by molar-refractivity contribution is -0.0559. The molecule has 0 fully saturated rings. The van der Waals surface area contributed by atoms with Crippen molar-refractivity contribution in [1.29, 1.82) is 0 Å². The van der Waals surface area contributed by atoms with Gasteiger partial charge in [-0.25, -0.2) is 0 Å². The maximum absolute atomic E-state index is 12.8. The first-order valence-electron chi connectivity index (χ1n) is 3.47. The van der Waals surface area contributed by atoms with E-state index in [9.17, 15) is 8.78 Å². The zero-order valence-corrected chi connectivity index (χ0v) is 6.59. The Labute approximate surface area is 68.9 Å². The Balaban J connectivity index is 3.03. The molecule has 1 heterocycles. The minimum atomic E-state index is -3.18. The molecule has 0 atom stereocenters. The topological polar surface area (TPSA) is 33.1 Å². The average molecular weight is 173 g/mol. The summed E-state index contributed by atoms with van der Waals surface area (Å²) in [4.78, 5) is 3.61. The lowest BCUT2D eigenvalue weighted by Gasteiger charge is -2.12. The van der Waals surface area contributed by atoms with Gasteiger partial charge in [-0.3, -0.25) is 4.98 Å². The number of hydrogen-bond donors (Lipinski definition) is 1. The van der Waals surface area contributed by atoms with E-state index in [-0.39, 0.29) is 5.56 Å². The molecule has 0 unspecified atom stereocenters. The zero-order chi connectivity index (χ0) is 9.19. The number of halogens is 2. The number of alkyl halides is 2. The van der Waals surface area contributed by atoms with Gasteiger partial charge in [0.25, 0.3) is 5.92 Å². The van der Waals surface area contributed by atoms with Crippen LogP contribution in [0.1, 0.15) is 11.1 Å². The van der Waals surface area contributed by atoms with Crippen LogP contribution in [-0.4, -0.2) is 16.7 Å². The van der Waals surface area contributed by atoms with Gasteiger partial charge in [-0.1, -0.05) is 0 Å². The van der Waals surface area contributed by atoms with Gasteiger partial charge in [0.05, 0.1) is 0 Å². The first-order valence-corrected chi connectivity index (χ1v) is 3.47. The molecule has 1 rings (SSSR count). The maximum atomic E-state index is 12.8.